The van der Waals surface area contributed by atoms with Crippen LogP contribution in [0, 0.1) is 6.92 Å². The lowest BCUT2D eigenvalue weighted by molar-refractivity contribution is 0.414. The van der Waals surface area contributed by atoms with Gasteiger partial charge in [0.15, 0.2) is 0 Å². The lowest BCUT2D eigenvalue weighted by Crippen LogP contribution is -2.08. The minimum Gasteiger partial charge on any atom is -0.497 e. The first-order valence-electron chi connectivity index (χ1n) is 7.52. The van der Waals surface area contributed by atoms with E-state index in [1.807, 2.05) is 6.07 Å². The highest BCUT2D eigenvalue weighted by Crippen LogP contribution is 2.26. The van der Waals surface area contributed by atoms with Gasteiger partial charge in [0.05, 0.1) is 7.11 Å². The zero-order valence-electron chi connectivity index (χ0n) is 13.6. The molecule has 2 aromatic carbocycles. The minimum atomic E-state index is 0.276. The van der Waals surface area contributed by atoms with Crippen LogP contribution in [0.5, 0.6) is 5.75 Å². The predicted octanol–water partition coefficient (Wildman–Crippen LogP) is 5.30. The van der Waals surface area contributed by atoms with Crippen LogP contribution in [-0.2, 0) is 0 Å². The minimum absolute atomic E-state index is 0.276. The Kier molecular flexibility index (Phi) is 4.89. The Morgan fingerprint density at radius 2 is 1.52 bits per heavy atom. The number of anilines is 1. The van der Waals surface area contributed by atoms with Crippen molar-refractivity contribution in [1.82, 2.24) is 0 Å². The van der Waals surface area contributed by atoms with Crippen LogP contribution in [0.3, 0.4) is 0 Å². The van der Waals surface area contributed by atoms with Gasteiger partial charge in [-0.25, -0.2) is 0 Å². The molecular formula is C19H25NO. The van der Waals surface area contributed by atoms with Crippen LogP contribution in [0.25, 0.3) is 0 Å². The third kappa shape index (κ3) is 3.78. The van der Waals surface area contributed by atoms with Gasteiger partial charge in [-0.15, -0.1) is 0 Å². The standard InChI is InChI=1S/C19H25NO/c1-13(2)16-6-8-17(9-7-16)15(4)20-19-11-10-18(21-5)12-14(19)3/h6-13,15,20H,1-5H3. The number of hydrogen-bond donors (Lipinski definition) is 1. The SMILES string of the molecule is COc1ccc(NC(C)c2ccc(C(C)C)cc2)c(C)c1. The van der Waals surface area contributed by atoms with E-state index in [1.54, 1.807) is 7.11 Å². The van der Waals surface area contributed by atoms with E-state index in [9.17, 15) is 0 Å². The maximum Gasteiger partial charge on any atom is 0.119 e. The zero-order chi connectivity index (χ0) is 15.4. The van der Waals surface area contributed by atoms with E-state index in [2.05, 4.69) is 69.4 Å². The molecule has 0 aromatic heterocycles. The molecule has 0 radical (unpaired) electrons. The highest BCUT2D eigenvalue weighted by Gasteiger charge is 2.08. The van der Waals surface area contributed by atoms with Crippen molar-refractivity contribution >= 4 is 5.69 Å². The first-order valence-corrected chi connectivity index (χ1v) is 7.52. The van der Waals surface area contributed by atoms with Crippen LogP contribution < -0.4 is 10.1 Å². The molecule has 0 saturated heterocycles. The molecule has 1 N–H and O–H groups in total. The largest absolute Gasteiger partial charge is 0.497 e. The summed E-state index contributed by atoms with van der Waals surface area (Å²) in [6.07, 6.45) is 0. The van der Waals surface area contributed by atoms with E-state index in [0.29, 0.717) is 5.92 Å². The highest BCUT2D eigenvalue weighted by atomic mass is 16.5. The number of hydrogen-bond acceptors (Lipinski definition) is 2. The second-order valence-corrected chi connectivity index (χ2v) is 5.87. The topological polar surface area (TPSA) is 21.3 Å². The molecule has 21 heavy (non-hydrogen) atoms. The van der Waals surface area contributed by atoms with Gasteiger partial charge in [0.1, 0.15) is 5.75 Å². The van der Waals surface area contributed by atoms with Gasteiger partial charge in [0.25, 0.3) is 0 Å². The molecule has 1 atom stereocenters. The van der Waals surface area contributed by atoms with Gasteiger partial charge in [-0.05, 0) is 54.7 Å². The quantitative estimate of drug-likeness (QED) is 0.804. The van der Waals surface area contributed by atoms with E-state index in [0.717, 1.165) is 11.4 Å². The van der Waals surface area contributed by atoms with Gasteiger partial charge < -0.3 is 10.1 Å². The molecule has 1 unspecified atom stereocenters. The van der Waals surface area contributed by atoms with Crippen LogP contribution in [-0.4, -0.2) is 7.11 Å². The summed E-state index contributed by atoms with van der Waals surface area (Å²) in [5.41, 5.74) is 5.03. The Morgan fingerprint density at radius 3 is 2.05 bits per heavy atom. The first-order chi connectivity index (χ1) is 10.0. The summed E-state index contributed by atoms with van der Waals surface area (Å²) in [5.74, 6) is 1.47. The van der Waals surface area contributed by atoms with Crippen molar-refractivity contribution in [2.45, 2.75) is 39.7 Å². The molecular weight excluding hydrogens is 258 g/mol. The fourth-order valence-electron chi connectivity index (χ4n) is 2.41. The third-order valence-corrected chi connectivity index (χ3v) is 3.91. The Balaban J connectivity index is 2.12. The summed E-state index contributed by atoms with van der Waals surface area (Å²) >= 11 is 0. The number of ether oxygens (including phenoxy) is 1. The molecule has 2 aromatic rings. The summed E-state index contributed by atoms with van der Waals surface area (Å²) in [5, 5.41) is 3.57. The number of methoxy groups -OCH3 is 1. The normalized spacial score (nSPS) is 12.3. The zero-order valence-corrected chi connectivity index (χ0v) is 13.6. The molecule has 0 heterocycles. The third-order valence-electron chi connectivity index (χ3n) is 3.91. The van der Waals surface area contributed by atoms with E-state index in [-0.39, 0.29) is 6.04 Å². The van der Waals surface area contributed by atoms with Crippen molar-refractivity contribution in [1.29, 1.82) is 0 Å². The number of benzene rings is 2. The molecule has 2 nitrogen and oxygen atoms in total. The summed E-state index contributed by atoms with van der Waals surface area (Å²) < 4.78 is 5.25. The van der Waals surface area contributed by atoms with Crippen molar-refractivity contribution in [3.8, 4) is 5.75 Å². The number of rotatable bonds is 5. The fraction of sp³-hybridized carbons (Fsp3) is 0.368. The average molecular weight is 283 g/mol. The summed E-state index contributed by atoms with van der Waals surface area (Å²) in [4.78, 5) is 0. The van der Waals surface area contributed by atoms with E-state index < -0.39 is 0 Å². The van der Waals surface area contributed by atoms with Gasteiger partial charge in [-0.1, -0.05) is 38.1 Å². The molecule has 0 bridgehead atoms. The van der Waals surface area contributed by atoms with Crippen molar-refractivity contribution in [3.63, 3.8) is 0 Å². The lowest BCUT2D eigenvalue weighted by Gasteiger charge is -2.18. The molecule has 0 aliphatic heterocycles. The van der Waals surface area contributed by atoms with E-state index in [1.165, 1.54) is 16.7 Å². The molecule has 0 saturated carbocycles. The van der Waals surface area contributed by atoms with Crippen LogP contribution in [0.2, 0.25) is 0 Å². The highest BCUT2D eigenvalue weighted by molar-refractivity contribution is 5.54. The maximum absolute atomic E-state index is 5.25. The van der Waals surface area contributed by atoms with Crippen molar-refractivity contribution < 1.29 is 4.74 Å². The van der Waals surface area contributed by atoms with Gasteiger partial charge in [0, 0.05) is 11.7 Å². The van der Waals surface area contributed by atoms with Gasteiger partial charge in [-0.3, -0.25) is 0 Å². The second kappa shape index (κ2) is 6.66. The Bertz CT molecular complexity index is 587. The first kappa shape index (κ1) is 15.4. The fourth-order valence-corrected chi connectivity index (χ4v) is 2.41. The molecule has 0 aliphatic carbocycles. The summed E-state index contributed by atoms with van der Waals surface area (Å²) in [6, 6.07) is 15.3. The van der Waals surface area contributed by atoms with Crippen LogP contribution >= 0.6 is 0 Å². The van der Waals surface area contributed by atoms with Gasteiger partial charge in [-0.2, -0.15) is 0 Å². The Hall–Kier alpha value is -1.96. The Labute approximate surface area is 128 Å². The Morgan fingerprint density at radius 1 is 0.905 bits per heavy atom. The van der Waals surface area contributed by atoms with E-state index >= 15 is 0 Å². The van der Waals surface area contributed by atoms with Crippen molar-refractivity contribution in [3.05, 3.63) is 59.2 Å². The summed E-state index contributed by atoms with van der Waals surface area (Å²) in [6.45, 7) is 8.72. The van der Waals surface area contributed by atoms with Crippen LogP contribution in [0.1, 0.15) is 49.4 Å². The van der Waals surface area contributed by atoms with E-state index in [4.69, 9.17) is 4.74 Å². The van der Waals surface area contributed by atoms with Crippen molar-refractivity contribution in [2.24, 2.45) is 0 Å². The maximum atomic E-state index is 5.25. The number of nitrogens with one attached hydrogen (secondary N) is 1. The van der Waals surface area contributed by atoms with Crippen molar-refractivity contribution in [2.75, 3.05) is 12.4 Å². The number of aryl methyl sites for hydroxylation is 1. The molecule has 0 spiro atoms. The lowest BCUT2D eigenvalue weighted by atomic mass is 9.99. The smallest absolute Gasteiger partial charge is 0.119 e. The molecule has 2 heteroatoms. The van der Waals surface area contributed by atoms with Gasteiger partial charge in [0.2, 0.25) is 0 Å². The van der Waals surface area contributed by atoms with Crippen LogP contribution in [0.4, 0.5) is 5.69 Å². The molecule has 0 fully saturated rings. The van der Waals surface area contributed by atoms with Gasteiger partial charge >= 0.3 is 0 Å². The summed E-state index contributed by atoms with van der Waals surface area (Å²) in [7, 11) is 1.70. The molecule has 2 rings (SSSR count). The molecule has 0 amide bonds. The predicted molar refractivity (Wildman–Crippen MR) is 90.3 cm³/mol. The average Bonchev–Trinajstić information content (AvgIpc) is 2.49. The van der Waals surface area contributed by atoms with Crippen LogP contribution in [0.15, 0.2) is 42.5 Å². The molecule has 0 aliphatic rings. The molecule has 112 valence electrons. The second-order valence-electron chi connectivity index (χ2n) is 5.87. The monoisotopic (exact) mass is 283 g/mol.